The number of rotatable bonds is 6. The molecule has 0 aliphatic rings. The molecule has 1 amide bonds. The van der Waals surface area contributed by atoms with Gasteiger partial charge in [0.1, 0.15) is 0 Å². The zero-order chi connectivity index (χ0) is 12.7. The number of amides is 1. The molecule has 0 saturated heterocycles. The number of carbonyl (C=O) groups excluding carboxylic acids is 1. The van der Waals surface area contributed by atoms with Crippen LogP contribution in [0.1, 0.15) is 24.8 Å². The number of anilines is 1. The molecule has 0 aromatic heterocycles. The van der Waals surface area contributed by atoms with Crippen LogP contribution >= 0.6 is 0 Å². The lowest BCUT2D eigenvalue weighted by atomic mass is 10.1. The first-order chi connectivity index (χ1) is 8.13. The average molecular weight is 235 g/mol. The van der Waals surface area contributed by atoms with Crippen molar-refractivity contribution in [1.82, 2.24) is 0 Å². The molecule has 1 aromatic carbocycles. The highest BCUT2D eigenvalue weighted by molar-refractivity contribution is 5.94. The highest BCUT2D eigenvalue weighted by Gasteiger charge is 2.12. The molecule has 0 aliphatic heterocycles. The van der Waals surface area contributed by atoms with Gasteiger partial charge in [0.15, 0.2) is 0 Å². The summed E-state index contributed by atoms with van der Waals surface area (Å²) < 4.78 is 0. The van der Waals surface area contributed by atoms with Crippen LogP contribution in [-0.4, -0.2) is 18.5 Å². The molecule has 0 aliphatic carbocycles. The van der Waals surface area contributed by atoms with Gasteiger partial charge in [-0.1, -0.05) is 24.1 Å². The first-order valence-corrected chi connectivity index (χ1v) is 5.96. The lowest BCUT2D eigenvalue weighted by molar-refractivity contribution is -0.117. The summed E-state index contributed by atoms with van der Waals surface area (Å²) in [6.45, 7) is 2.65. The molecule has 1 aromatic rings. The molecular formula is C13H21N3O. The maximum atomic E-state index is 11.7. The van der Waals surface area contributed by atoms with Crippen LogP contribution in [0.4, 0.5) is 5.69 Å². The second-order valence-corrected chi connectivity index (χ2v) is 4.25. The lowest BCUT2D eigenvalue weighted by Crippen LogP contribution is -2.35. The normalized spacial score (nSPS) is 12.2. The van der Waals surface area contributed by atoms with E-state index in [1.54, 1.807) is 0 Å². The van der Waals surface area contributed by atoms with Gasteiger partial charge in [-0.25, -0.2) is 0 Å². The Morgan fingerprint density at radius 3 is 2.53 bits per heavy atom. The fraction of sp³-hybridized carbons (Fsp3) is 0.462. The van der Waals surface area contributed by atoms with E-state index in [4.69, 9.17) is 11.5 Å². The van der Waals surface area contributed by atoms with Gasteiger partial charge in [0.05, 0.1) is 6.04 Å². The first-order valence-electron chi connectivity index (χ1n) is 5.96. The largest absolute Gasteiger partial charge is 0.330 e. The van der Waals surface area contributed by atoms with Crippen LogP contribution in [0.25, 0.3) is 0 Å². The van der Waals surface area contributed by atoms with Crippen molar-refractivity contribution in [3.05, 3.63) is 29.8 Å². The van der Waals surface area contributed by atoms with Crippen molar-refractivity contribution >= 4 is 11.6 Å². The highest BCUT2D eigenvalue weighted by Crippen LogP contribution is 2.09. The van der Waals surface area contributed by atoms with Gasteiger partial charge in [-0.15, -0.1) is 0 Å². The zero-order valence-electron chi connectivity index (χ0n) is 10.3. The van der Waals surface area contributed by atoms with Gasteiger partial charge < -0.3 is 16.8 Å². The Morgan fingerprint density at radius 1 is 1.29 bits per heavy atom. The number of nitrogens with two attached hydrogens (primary N) is 2. The van der Waals surface area contributed by atoms with Crippen molar-refractivity contribution in [2.45, 2.75) is 32.2 Å². The van der Waals surface area contributed by atoms with Gasteiger partial charge in [0, 0.05) is 5.69 Å². The maximum absolute atomic E-state index is 11.7. The summed E-state index contributed by atoms with van der Waals surface area (Å²) in [6.07, 6.45) is 2.47. The lowest BCUT2D eigenvalue weighted by Gasteiger charge is -2.12. The van der Waals surface area contributed by atoms with Gasteiger partial charge in [-0.2, -0.15) is 0 Å². The van der Waals surface area contributed by atoms with Gasteiger partial charge in [-0.3, -0.25) is 4.79 Å². The van der Waals surface area contributed by atoms with Crippen LogP contribution in [0.3, 0.4) is 0 Å². The van der Waals surface area contributed by atoms with E-state index in [1.165, 1.54) is 0 Å². The first kappa shape index (κ1) is 13.7. The molecule has 1 atom stereocenters. The predicted molar refractivity (Wildman–Crippen MR) is 70.7 cm³/mol. The standard InChI is InChI=1S/C13H21N3O/c1-10-5-7-11(8-6-10)16-13(17)12(15)4-2-3-9-14/h5-8,12H,2-4,9,14-15H2,1H3,(H,16,17)/t12-/m0/s1. The molecule has 4 nitrogen and oxygen atoms in total. The van der Waals surface area contributed by atoms with E-state index in [2.05, 4.69) is 5.32 Å². The Kier molecular flexibility index (Phi) is 5.66. The van der Waals surface area contributed by atoms with E-state index < -0.39 is 6.04 Å². The van der Waals surface area contributed by atoms with Crippen LogP contribution in [0.2, 0.25) is 0 Å². The summed E-state index contributed by atoms with van der Waals surface area (Å²) in [5.74, 6) is -0.133. The maximum Gasteiger partial charge on any atom is 0.241 e. The number of hydrogen-bond donors (Lipinski definition) is 3. The Labute approximate surface area is 102 Å². The molecule has 0 unspecified atom stereocenters. The summed E-state index contributed by atoms with van der Waals surface area (Å²) in [6, 6.07) is 7.20. The number of carbonyl (C=O) groups is 1. The monoisotopic (exact) mass is 235 g/mol. The second kappa shape index (κ2) is 7.04. The third-order valence-electron chi connectivity index (χ3n) is 2.63. The highest BCUT2D eigenvalue weighted by atomic mass is 16.2. The van der Waals surface area contributed by atoms with Crippen LogP contribution in [0, 0.1) is 6.92 Å². The quantitative estimate of drug-likeness (QED) is 0.652. The molecular weight excluding hydrogens is 214 g/mol. The third-order valence-corrected chi connectivity index (χ3v) is 2.63. The molecule has 0 saturated carbocycles. The molecule has 1 rings (SSSR count). The van der Waals surface area contributed by atoms with Crippen LogP contribution < -0.4 is 16.8 Å². The number of hydrogen-bond acceptors (Lipinski definition) is 3. The molecule has 0 radical (unpaired) electrons. The van der Waals surface area contributed by atoms with E-state index in [0.717, 1.165) is 24.1 Å². The summed E-state index contributed by atoms with van der Waals surface area (Å²) in [5.41, 5.74) is 13.1. The average Bonchev–Trinajstić information content (AvgIpc) is 2.32. The SMILES string of the molecule is Cc1ccc(NC(=O)[C@@H](N)CCCCN)cc1. The van der Waals surface area contributed by atoms with Crippen LogP contribution in [0.5, 0.6) is 0 Å². The molecule has 4 heteroatoms. The number of aryl methyl sites for hydroxylation is 1. The van der Waals surface area contributed by atoms with E-state index in [0.29, 0.717) is 13.0 Å². The molecule has 0 heterocycles. The van der Waals surface area contributed by atoms with Crippen molar-refractivity contribution in [1.29, 1.82) is 0 Å². The third kappa shape index (κ3) is 4.97. The van der Waals surface area contributed by atoms with Gasteiger partial charge >= 0.3 is 0 Å². The molecule has 0 fully saturated rings. The number of benzene rings is 1. The fourth-order valence-corrected chi connectivity index (χ4v) is 1.51. The Hall–Kier alpha value is -1.39. The van der Waals surface area contributed by atoms with E-state index in [-0.39, 0.29) is 5.91 Å². The van der Waals surface area contributed by atoms with Crippen LogP contribution in [-0.2, 0) is 4.79 Å². The smallest absolute Gasteiger partial charge is 0.241 e. The minimum absolute atomic E-state index is 0.133. The Morgan fingerprint density at radius 2 is 1.94 bits per heavy atom. The molecule has 94 valence electrons. The van der Waals surface area contributed by atoms with E-state index in [9.17, 15) is 4.79 Å². The predicted octanol–water partition coefficient (Wildman–Crippen LogP) is 1.39. The molecule has 17 heavy (non-hydrogen) atoms. The number of unbranched alkanes of at least 4 members (excludes halogenated alkanes) is 1. The second-order valence-electron chi connectivity index (χ2n) is 4.25. The van der Waals surface area contributed by atoms with Crippen molar-refractivity contribution < 1.29 is 4.79 Å². The Balaban J connectivity index is 2.40. The topological polar surface area (TPSA) is 81.1 Å². The van der Waals surface area contributed by atoms with Crippen molar-refractivity contribution in [2.24, 2.45) is 11.5 Å². The minimum Gasteiger partial charge on any atom is -0.330 e. The van der Waals surface area contributed by atoms with Gasteiger partial charge in [0.25, 0.3) is 0 Å². The molecule has 5 N–H and O–H groups in total. The molecule has 0 bridgehead atoms. The van der Waals surface area contributed by atoms with E-state index in [1.807, 2.05) is 31.2 Å². The fourth-order valence-electron chi connectivity index (χ4n) is 1.51. The van der Waals surface area contributed by atoms with Crippen LogP contribution in [0.15, 0.2) is 24.3 Å². The number of nitrogens with one attached hydrogen (secondary N) is 1. The van der Waals surface area contributed by atoms with Crippen molar-refractivity contribution in [3.8, 4) is 0 Å². The zero-order valence-corrected chi connectivity index (χ0v) is 10.3. The summed E-state index contributed by atoms with van der Waals surface area (Å²) in [7, 11) is 0. The van der Waals surface area contributed by atoms with Gasteiger partial charge in [0.2, 0.25) is 5.91 Å². The summed E-state index contributed by atoms with van der Waals surface area (Å²) in [5, 5.41) is 2.80. The van der Waals surface area contributed by atoms with Gasteiger partial charge in [-0.05, 0) is 38.4 Å². The van der Waals surface area contributed by atoms with E-state index >= 15 is 0 Å². The summed E-state index contributed by atoms with van der Waals surface area (Å²) in [4.78, 5) is 11.7. The molecule has 0 spiro atoms. The summed E-state index contributed by atoms with van der Waals surface area (Å²) >= 11 is 0. The van der Waals surface area contributed by atoms with Crippen molar-refractivity contribution in [2.75, 3.05) is 11.9 Å². The van der Waals surface area contributed by atoms with Crippen molar-refractivity contribution in [3.63, 3.8) is 0 Å². The minimum atomic E-state index is -0.456. The Bertz CT molecular complexity index is 348.